The van der Waals surface area contributed by atoms with Crippen LogP contribution in [0.4, 0.5) is 5.69 Å². The topological polar surface area (TPSA) is 76.0 Å². The molecule has 0 unspecified atom stereocenters. The van der Waals surface area contributed by atoms with E-state index in [4.69, 9.17) is 0 Å². The van der Waals surface area contributed by atoms with Gasteiger partial charge in [0.1, 0.15) is 0 Å². The van der Waals surface area contributed by atoms with Crippen molar-refractivity contribution < 1.29 is 9.59 Å². The summed E-state index contributed by atoms with van der Waals surface area (Å²) in [5.41, 5.74) is 2.62. The zero-order chi connectivity index (χ0) is 17.7. The Morgan fingerprint density at radius 3 is 2.50 bits per heavy atom. The van der Waals surface area contributed by atoms with Crippen molar-refractivity contribution in [2.45, 2.75) is 33.2 Å². The summed E-state index contributed by atoms with van der Waals surface area (Å²) in [7, 11) is 1.74. The second-order valence-corrected chi connectivity index (χ2v) is 6.37. The monoisotopic (exact) mass is 328 g/mol. The summed E-state index contributed by atoms with van der Waals surface area (Å²) in [5, 5.41) is 9.37. The average molecular weight is 328 g/mol. The van der Waals surface area contributed by atoms with Crippen LogP contribution in [0.25, 0.3) is 0 Å². The van der Waals surface area contributed by atoms with Crippen molar-refractivity contribution in [1.29, 1.82) is 0 Å². The first-order chi connectivity index (χ1) is 11.4. The molecular weight excluding hydrogens is 304 g/mol. The van der Waals surface area contributed by atoms with Gasteiger partial charge in [-0.05, 0) is 30.4 Å². The van der Waals surface area contributed by atoms with Crippen molar-refractivity contribution in [3.8, 4) is 0 Å². The van der Waals surface area contributed by atoms with E-state index in [0.29, 0.717) is 11.6 Å². The van der Waals surface area contributed by atoms with E-state index in [1.54, 1.807) is 17.9 Å². The lowest BCUT2D eigenvalue weighted by atomic mass is 9.94. The Morgan fingerprint density at radius 2 is 1.92 bits per heavy atom. The second kappa shape index (κ2) is 7.77. The molecule has 1 aromatic carbocycles. The molecule has 6 nitrogen and oxygen atoms in total. The fourth-order valence-electron chi connectivity index (χ4n) is 2.61. The number of anilines is 1. The highest BCUT2D eigenvalue weighted by Gasteiger charge is 2.22. The lowest BCUT2D eigenvalue weighted by Crippen LogP contribution is -2.38. The number of amides is 2. The summed E-state index contributed by atoms with van der Waals surface area (Å²) >= 11 is 0. The van der Waals surface area contributed by atoms with E-state index in [1.165, 1.54) is 6.20 Å². The number of nitrogens with zero attached hydrogens (tertiary/aromatic N) is 2. The Hall–Kier alpha value is -2.63. The molecule has 1 atom stereocenters. The van der Waals surface area contributed by atoms with Gasteiger partial charge in [-0.25, -0.2) is 0 Å². The molecule has 0 saturated heterocycles. The summed E-state index contributed by atoms with van der Waals surface area (Å²) in [6.45, 7) is 6.19. The number of hydrogen-bond acceptors (Lipinski definition) is 3. The number of benzene rings is 1. The van der Waals surface area contributed by atoms with E-state index < -0.39 is 11.8 Å². The van der Waals surface area contributed by atoms with Gasteiger partial charge in [0, 0.05) is 13.2 Å². The largest absolute Gasteiger partial charge is 0.341 e. The van der Waals surface area contributed by atoms with Crippen LogP contribution in [0.1, 0.15) is 37.4 Å². The van der Waals surface area contributed by atoms with Crippen molar-refractivity contribution in [1.82, 2.24) is 15.1 Å². The van der Waals surface area contributed by atoms with Gasteiger partial charge in [0.25, 0.3) is 0 Å². The minimum absolute atomic E-state index is 0.196. The minimum atomic E-state index is -0.689. The van der Waals surface area contributed by atoms with E-state index in [2.05, 4.69) is 29.6 Å². The number of rotatable bonds is 5. The maximum absolute atomic E-state index is 12.3. The number of aromatic nitrogens is 2. The van der Waals surface area contributed by atoms with E-state index >= 15 is 0 Å². The Kier molecular flexibility index (Phi) is 5.73. The standard InChI is InChI=1S/C18H24N4O2/c1-12(2)9-16(15-8-6-5-7-13(15)3)21-18(24)17(23)20-14-10-19-22(4)11-14/h5-8,10-12,16H,9H2,1-4H3,(H,20,23)(H,21,24)/t16-/m0/s1. The van der Waals surface area contributed by atoms with Crippen molar-refractivity contribution >= 4 is 17.5 Å². The molecule has 2 aromatic rings. The molecule has 0 aliphatic rings. The summed E-state index contributed by atoms with van der Waals surface area (Å²) in [6, 6.07) is 7.70. The van der Waals surface area contributed by atoms with Crippen molar-refractivity contribution in [3.05, 3.63) is 47.8 Å². The molecule has 24 heavy (non-hydrogen) atoms. The van der Waals surface area contributed by atoms with Gasteiger partial charge in [-0.1, -0.05) is 38.1 Å². The van der Waals surface area contributed by atoms with E-state index in [1.807, 2.05) is 31.2 Å². The molecule has 0 aliphatic carbocycles. The Morgan fingerprint density at radius 1 is 1.21 bits per heavy atom. The Balaban J connectivity index is 2.09. The first-order valence-corrected chi connectivity index (χ1v) is 8.03. The van der Waals surface area contributed by atoms with E-state index in [0.717, 1.165) is 17.5 Å². The van der Waals surface area contributed by atoms with Crippen molar-refractivity contribution in [2.75, 3.05) is 5.32 Å². The van der Waals surface area contributed by atoms with Crippen LogP contribution in [0, 0.1) is 12.8 Å². The summed E-state index contributed by atoms with van der Waals surface area (Å²) in [5.74, 6) is -0.950. The van der Waals surface area contributed by atoms with Crippen molar-refractivity contribution in [2.24, 2.45) is 13.0 Å². The van der Waals surface area contributed by atoms with Crippen molar-refractivity contribution in [3.63, 3.8) is 0 Å². The molecule has 2 N–H and O–H groups in total. The number of hydrogen-bond donors (Lipinski definition) is 2. The molecule has 0 radical (unpaired) electrons. The zero-order valence-electron chi connectivity index (χ0n) is 14.5. The van der Waals surface area contributed by atoms with Crippen LogP contribution in [-0.4, -0.2) is 21.6 Å². The molecule has 128 valence electrons. The van der Waals surface area contributed by atoms with Gasteiger partial charge in [-0.3, -0.25) is 14.3 Å². The van der Waals surface area contributed by atoms with Gasteiger partial charge in [-0.15, -0.1) is 0 Å². The number of carbonyl (C=O) groups excluding carboxylic acids is 2. The SMILES string of the molecule is Cc1ccccc1[C@H](CC(C)C)NC(=O)C(=O)Nc1cnn(C)c1. The maximum Gasteiger partial charge on any atom is 0.313 e. The minimum Gasteiger partial charge on any atom is -0.341 e. The van der Waals surface area contributed by atoms with Crippen LogP contribution in [-0.2, 0) is 16.6 Å². The molecule has 1 aromatic heterocycles. The lowest BCUT2D eigenvalue weighted by Gasteiger charge is -2.22. The highest BCUT2D eigenvalue weighted by molar-refractivity contribution is 6.39. The van der Waals surface area contributed by atoms with Gasteiger partial charge >= 0.3 is 11.8 Å². The highest BCUT2D eigenvalue weighted by atomic mass is 16.2. The predicted octanol–water partition coefficient (Wildman–Crippen LogP) is 2.57. The van der Waals surface area contributed by atoms with Crippen LogP contribution < -0.4 is 10.6 Å². The average Bonchev–Trinajstić information content (AvgIpc) is 2.91. The molecule has 0 aliphatic heterocycles. The van der Waals surface area contributed by atoms with Crippen LogP contribution in [0.5, 0.6) is 0 Å². The summed E-state index contributed by atoms with van der Waals surface area (Å²) < 4.78 is 1.56. The number of carbonyl (C=O) groups is 2. The first-order valence-electron chi connectivity index (χ1n) is 8.03. The Labute approximate surface area is 142 Å². The third-order valence-corrected chi connectivity index (χ3v) is 3.75. The van der Waals surface area contributed by atoms with Crippen LogP contribution in [0.3, 0.4) is 0 Å². The van der Waals surface area contributed by atoms with Gasteiger partial charge in [0.15, 0.2) is 0 Å². The third-order valence-electron chi connectivity index (χ3n) is 3.75. The summed E-state index contributed by atoms with van der Waals surface area (Å²) in [6.07, 6.45) is 3.90. The lowest BCUT2D eigenvalue weighted by molar-refractivity contribution is -0.136. The first kappa shape index (κ1) is 17.7. The number of nitrogens with one attached hydrogen (secondary N) is 2. The predicted molar refractivity (Wildman–Crippen MR) is 93.4 cm³/mol. The van der Waals surface area contributed by atoms with Crippen LogP contribution >= 0.6 is 0 Å². The van der Waals surface area contributed by atoms with Gasteiger partial charge in [0.2, 0.25) is 0 Å². The van der Waals surface area contributed by atoms with E-state index in [-0.39, 0.29) is 6.04 Å². The molecule has 1 heterocycles. The molecule has 0 saturated carbocycles. The molecule has 2 rings (SSSR count). The summed E-state index contributed by atoms with van der Waals surface area (Å²) in [4.78, 5) is 24.4. The molecule has 6 heteroatoms. The second-order valence-electron chi connectivity index (χ2n) is 6.37. The molecule has 0 spiro atoms. The Bertz CT molecular complexity index is 721. The van der Waals surface area contributed by atoms with Crippen LogP contribution in [0.15, 0.2) is 36.7 Å². The molecule has 0 fully saturated rings. The molecular formula is C18H24N4O2. The number of aryl methyl sites for hydroxylation is 2. The third kappa shape index (κ3) is 4.68. The smallest absolute Gasteiger partial charge is 0.313 e. The molecule has 0 bridgehead atoms. The normalized spacial score (nSPS) is 12.0. The van der Waals surface area contributed by atoms with Gasteiger partial charge in [-0.2, -0.15) is 5.10 Å². The fraction of sp³-hybridized carbons (Fsp3) is 0.389. The quantitative estimate of drug-likeness (QED) is 0.828. The molecule has 2 amide bonds. The van der Waals surface area contributed by atoms with Gasteiger partial charge < -0.3 is 10.6 Å². The van der Waals surface area contributed by atoms with E-state index in [9.17, 15) is 9.59 Å². The fourth-order valence-corrected chi connectivity index (χ4v) is 2.61. The van der Waals surface area contributed by atoms with Crippen LogP contribution in [0.2, 0.25) is 0 Å². The van der Waals surface area contributed by atoms with Gasteiger partial charge in [0.05, 0.1) is 17.9 Å². The zero-order valence-corrected chi connectivity index (χ0v) is 14.5. The maximum atomic E-state index is 12.3. The highest BCUT2D eigenvalue weighted by Crippen LogP contribution is 2.24.